The third-order valence-corrected chi connectivity index (χ3v) is 2.83. The van der Waals surface area contributed by atoms with Crippen molar-refractivity contribution in [3.8, 4) is 12.5 Å². The Morgan fingerprint density at radius 2 is 1.95 bits per heavy atom. The maximum absolute atomic E-state index is 5.33. The second kappa shape index (κ2) is 5.36. The topological polar surface area (TPSA) is 36.8 Å². The van der Waals surface area contributed by atoms with Crippen LogP contribution in [0.15, 0.2) is 46.9 Å². The zero-order valence-corrected chi connectivity index (χ0v) is 11.3. The summed E-state index contributed by atoms with van der Waals surface area (Å²) in [6.07, 6.45) is 9.19. The lowest BCUT2D eigenvalue weighted by molar-refractivity contribution is -0.657. The number of aromatic nitrogens is 2. The Morgan fingerprint density at radius 1 is 1.26 bits per heavy atom. The van der Waals surface area contributed by atoms with Gasteiger partial charge in [0.2, 0.25) is 0 Å². The van der Waals surface area contributed by atoms with Gasteiger partial charge in [0.15, 0.2) is 0 Å². The number of nitrogens with zero attached hydrogens (tertiary/aromatic N) is 5. The first-order valence-electron chi connectivity index (χ1n) is 5.84. The SMILES string of the molecule is C#CN(C)c1ccc(/N=N/c2n(C)cc[n+]2C)cc1. The van der Waals surface area contributed by atoms with Crippen LogP contribution in [0.3, 0.4) is 0 Å². The van der Waals surface area contributed by atoms with Crippen molar-refractivity contribution in [2.75, 3.05) is 11.9 Å². The zero-order valence-electron chi connectivity index (χ0n) is 11.3. The summed E-state index contributed by atoms with van der Waals surface area (Å²) in [6.45, 7) is 0. The molecule has 0 unspecified atom stereocenters. The van der Waals surface area contributed by atoms with Crippen LogP contribution in [-0.2, 0) is 14.1 Å². The number of rotatable bonds is 3. The molecule has 1 heterocycles. The molecule has 96 valence electrons. The molecule has 19 heavy (non-hydrogen) atoms. The lowest BCUT2D eigenvalue weighted by Crippen LogP contribution is -2.25. The molecule has 2 aromatic rings. The summed E-state index contributed by atoms with van der Waals surface area (Å²) in [4.78, 5) is 1.71. The van der Waals surface area contributed by atoms with Crippen LogP contribution >= 0.6 is 0 Å². The van der Waals surface area contributed by atoms with Crippen molar-refractivity contribution >= 4 is 17.3 Å². The normalized spacial score (nSPS) is 10.6. The summed E-state index contributed by atoms with van der Waals surface area (Å²) in [5.41, 5.74) is 1.74. The van der Waals surface area contributed by atoms with Crippen molar-refractivity contribution < 1.29 is 4.57 Å². The summed E-state index contributed by atoms with van der Waals surface area (Å²) >= 11 is 0. The second-order valence-electron chi connectivity index (χ2n) is 4.22. The molecule has 0 spiro atoms. The minimum atomic E-state index is 0.782. The van der Waals surface area contributed by atoms with E-state index in [1.54, 1.807) is 4.90 Å². The Hall–Kier alpha value is -2.61. The molecule has 5 nitrogen and oxygen atoms in total. The van der Waals surface area contributed by atoms with Crippen molar-refractivity contribution in [3.63, 3.8) is 0 Å². The third kappa shape index (κ3) is 2.80. The fourth-order valence-electron chi connectivity index (χ4n) is 1.64. The van der Waals surface area contributed by atoms with Crippen molar-refractivity contribution in [2.24, 2.45) is 24.3 Å². The van der Waals surface area contributed by atoms with Gasteiger partial charge in [0, 0.05) is 23.9 Å². The van der Waals surface area contributed by atoms with Gasteiger partial charge < -0.3 is 4.90 Å². The molecule has 1 aromatic carbocycles. The summed E-state index contributed by atoms with van der Waals surface area (Å²) < 4.78 is 3.81. The highest BCUT2D eigenvalue weighted by Crippen LogP contribution is 2.20. The molecule has 0 atom stereocenters. The smallest absolute Gasteiger partial charge is 0.305 e. The maximum Gasteiger partial charge on any atom is 0.421 e. The van der Waals surface area contributed by atoms with Crippen molar-refractivity contribution in [1.82, 2.24) is 4.57 Å². The first-order valence-corrected chi connectivity index (χ1v) is 5.84. The molecule has 0 N–H and O–H groups in total. The Kier molecular flexibility index (Phi) is 3.62. The number of aryl methyl sites for hydroxylation is 2. The molecule has 0 amide bonds. The first kappa shape index (κ1) is 12.8. The Balaban J connectivity index is 2.19. The molecule has 0 aliphatic carbocycles. The average Bonchev–Trinajstić information content (AvgIpc) is 2.75. The molecule has 5 heteroatoms. The van der Waals surface area contributed by atoms with Crippen LogP contribution in [0.4, 0.5) is 17.3 Å². The highest BCUT2D eigenvalue weighted by Gasteiger charge is 2.10. The van der Waals surface area contributed by atoms with Crippen LogP contribution in [0.25, 0.3) is 0 Å². The largest absolute Gasteiger partial charge is 0.421 e. The van der Waals surface area contributed by atoms with Gasteiger partial charge >= 0.3 is 5.95 Å². The van der Waals surface area contributed by atoms with Gasteiger partial charge in [-0.3, -0.25) is 0 Å². The maximum atomic E-state index is 5.33. The fourth-order valence-corrected chi connectivity index (χ4v) is 1.64. The van der Waals surface area contributed by atoms with Gasteiger partial charge in [-0.25, -0.2) is 9.13 Å². The third-order valence-electron chi connectivity index (χ3n) is 2.83. The number of terminal acetylenes is 1. The summed E-state index contributed by atoms with van der Waals surface area (Å²) in [6, 6.07) is 10.1. The summed E-state index contributed by atoms with van der Waals surface area (Å²) in [5.74, 6) is 0.782. The molecule has 0 fully saturated rings. The van der Waals surface area contributed by atoms with E-state index in [1.165, 1.54) is 0 Å². The van der Waals surface area contributed by atoms with Gasteiger partial charge in [0.25, 0.3) is 0 Å². The van der Waals surface area contributed by atoms with Crippen molar-refractivity contribution in [3.05, 3.63) is 36.7 Å². The predicted octanol–water partition coefficient (Wildman–Crippen LogP) is 2.29. The first-order chi connectivity index (χ1) is 9.11. The molecule has 0 aliphatic rings. The highest BCUT2D eigenvalue weighted by molar-refractivity contribution is 5.55. The summed E-state index contributed by atoms with van der Waals surface area (Å²) in [5, 5.41) is 8.44. The van der Waals surface area contributed by atoms with E-state index in [4.69, 9.17) is 6.42 Å². The molecule has 0 saturated carbocycles. The Morgan fingerprint density at radius 3 is 2.47 bits per heavy atom. The van der Waals surface area contributed by atoms with Gasteiger partial charge in [-0.05, 0) is 24.3 Å². The van der Waals surface area contributed by atoms with Crippen LogP contribution in [0, 0.1) is 12.5 Å². The van der Waals surface area contributed by atoms with Gasteiger partial charge in [-0.15, -0.1) is 0 Å². The molecule has 0 aliphatic heterocycles. The minimum absolute atomic E-state index is 0.782. The highest BCUT2D eigenvalue weighted by atomic mass is 15.3. The number of imidazole rings is 1. The number of hydrogen-bond donors (Lipinski definition) is 0. The van der Waals surface area contributed by atoms with Gasteiger partial charge in [0.1, 0.15) is 5.69 Å². The molecule has 0 radical (unpaired) electrons. The molecule has 0 bridgehead atoms. The monoisotopic (exact) mass is 254 g/mol. The van der Waals surface area contributed by atoms with E-state index in [2.05, 4.69) is 16.3 Å². The quantitative estimate of drug-likeness (QED) is 0.358. The van der Waals surface area contributed by atoms with E-state index >= 15 is 0 Å². The van der Waals surface area contributed by atoms with Crippen LogP contribution < -0.4 is 9.47 Å². The van der Waals surface area contributed by atoms with Crippen LogP contribution in [-0.4, -0.2) is 11.6 Å². The molecule has 2 rings (SSSR count). The minimum Gasteiger partial charge on any atom is -0.305 e. The number of azo groups is 1. The van der Waals surface area contributed by atoms with Crippen LogP contribution in [0.5, 0.6) is 0 Å². The van der Waals surface area contributed by atoms with E-state index in [0.29, 0.717) is 0 Å². The second-order valence-corrected chi connectivity index (χ2v) is 4.22. The molecular formula is C14H16N5+. The number of hydrogen-bond acceptors (Lipinski definition) is 3. The van der Waals surface area contributed by atoms with E-state index in [-0.39, 0.29) is 0 Å². The average molecular weight is 254 g/mol. The number of anilines is 1. The standard InChI is InChI=1S/C14H16N5/c1-5-17(2)13-8-6-12(7-9-13)15-16-14-18(3)10-11-19(14)4/h1,6-11H,2-4H3/q+1. The van der Waals surface area contributed by atoms with E-state index in [0.717, 1.165) is 17.3 Å². The van der Waals surface area contributed by atoms with E-state index in [1.807, 2.05) is 66.9 Å². The lowest BCUT2D eigenvalue weighted by Gasteiger charge is -2.09. The lowest BCUT2D eigenvalue weighted by atomic mass is 10.3. The van der Waals surface area contributed by atoms with Gasteiger partial charge in [-0.2, -0.15) is 0 Å². The van der Waals surface area contributed by atoms with Crippen LogP contribution in [0.1, 0.15) is 0 Å². The number of benzene rings is 1. The fraction of sp³-hybridized carbons (Fsp3) is 0.214. The Labute approximate surface area is 112 Å². The Bertz CT molecular complexity index is 611. The van der Waals surface area contributed by atoms with E-state index in [9.17, 15) is 0 Å². The van der Waals surface area contributed by atoms with Crippen LogP contribution in [0.2, 0.25) is 0 Å². The molecular weight excluding hydrogens is 238 g/mol. The van der Waals surface area contributed by atoms with Gasteiger partial charge in [-0.1, -0.05) is 11.5 Å². The molecule has 0 saturated heterocycles. The molecule has 1 aromatic heterocycles. The predicted molar refractivity (Wildman–Crippen MR) is 74.4 cm³/mol. The zero-order chi connectivity index (χ0) is 13.8. The van der Waals surface area contributed by atoms with Crippen molar-refractivity contribution in [2.45, 2.75) is 0 Å². The van der Waals surface area contributed by atoms with Crippen molar-refractivity contribution in [1.29, 1.82) is 0 Å². The summed E-state index contributed by atoms with van der Waals surface area (Å²) in [7, 11) is 5.69. The van der Waals surface area contributed by atoms with E-state index < -0.39 is 0 Å². The van der Waals surface area contributed by atoms with Gasteiger partial charge in [0.05, 0.1) is 26.5 Å².